The van der Waals surface area contributed by atoms with Crippen LogP contribution in [0.2, 0.25) is 0 Å². The van der Waals surface area contributed by atoms with Crippen LogP contribution in [0.4, 0.5) is 0 Å². The molecule has 1 saturated heterocycles. The summed E-state index contributed by atoms with van der Waals surface area (Å²) in [5.74, 6) is 1.37. The molecule has 1 unspecified atom stereocenters. The number of benzene rings is 1. The van der Waals surface area contributed by atoms with Gasteiger partial charge in [-0.15, -0.1) is 0 Å². The summed E-state index contributed by atoms with van der Waals surface area (Å²) in [5, 5.41) is 15.7. The molecule has 33 heavy (non-hydrogen) atoms. The summed E-state index contributed by atoms with van der Waals surface area (Å²) in [6.07, 6.45) is 12.1. The van der Waals surface area contributed by atoms with E-state index in [-0.39, 0.29) is 0 Å². The molecule has 3 aliphatic rings. The van der Waals surface area contributed by atoms with Crippen LogP contribution in [0.3, 0.4) is 0 Å². The first kappa shape index (κ1) is 22.3. The lowest BCUT2D eigenvalue weighted by atomic mass is 9.96. The molecule has 1 aromatic heterocycles. The maximum absolute atomic E-state index is 11.1. The molecule has 1 aromatic carbocycles. The number of rotatable bonds is 8. The van der Waals surface area contributed by atoms with Crippen molar-refractivity contribution in [3.63, 3.8) is 0 Å². The first-order valence-corrected chi connectivity index (χ1v) is 12.3. The lowest BCUT2D eigenvalue weighted by molar-refractivity contribution is 0.0851. The SMILES string of the molecule is COc1ccc2nccc(C(O)CN3CCC[C@@H](CNCC4=CC5=CNSN5C=C4)C3)c2c1. The fraction of sp³-hybridized carbons (Fsp3) is 0.400. The predicted molar refractivity (Wildman–Crippen MR) is 133 cm³/mol. The quantitative estimate of drug-likeness (QED) is 0.513. The molecule has 0 spiro atoms. The van der Waals surface area contributed by atoms with E-state index in [0.717, 1.165) is 54.8 Å². The third kappa shape index (κ3) is 5.19. The van der Waals surface area contributed by atoms with Crippen molar-refractivity contribution in [2.45, 2.75) is 18.9 Å². The smallest absolute Gasteiger partial charge is 0.119 e. The molecule has 2 aromatic rings. The maximum Gasteiger partial charge on any atom is 0.119 e. The number of likely N-dealkylation sites (tertiary alicyclic amines) is 1. The summed E-state index contributed by atoms with van der Waals surface area (Å²) >= 11 is 1.58. The zero-order valence-electron chi connectivity index (χ0n) is 18.9. The number of fused-ring (bicyclic) bond motifs is 2. The topological polar surface area (TPSA) is 72.9 Å². The van der Waals surface area contributed by atoms with E-state index in [4.69, 9.17) is 4.74 Å². The van der Waals surface area contributed by atoms with E-state index in [9.17, 15) is 5.11 Å². The number of ether oxygens (including phenoxy) is 1. The van der Waals surface area contributed by atoms with E-state index in [0.29, 0.717) is 12.5 Å². The molecule has 3 aliphatic heterocycles. The van der Waals surface area contributed by atoms with Crippen molar-refractivity contribution in [2.24, 2.45) is 5.92 Å². The van der Waals surface area contributed by atoms with Gasteiger partial charge in [0, 0.05) is 43.6 Å². The highest BCUT2D eigenvalue weighted by Gasteiger charge is 2.23. The van der Waals surface area contributed by atoms with E-state index in [1.165, 1.54) is 17.7 Å². The molecule has 8 heteroatoms. The summed E-state index contributed by atoms with van der Waals surface area (Å²) in [5.41, 5.74) is 4.28. The minimum atomic E-state index is -0.555. The molecule has 4 heterocycles. The van der Waals surface area contributed by atoms with Crippen LogP contribution in [0, 0.1) is 5.92 Å². The third-order valence-corrected chi connectivity index (χ3v) is 7.26. The van der Waals surface area contributed by atoms with Crippen molar-refractivity contribution >= 4 is 23.0 Å². The predicted octanol–water partition coefficient (Wildman–Crippen LogP) is 3.34. The number of piperidine rings is 1. The molecule has 0 saturated carbocycles. The minimum absolute atomic E-state index is 0.555. The van der Waals surface area contributed by atoms with E-state index in [1.807, 2.05) is 30.5 Å². The van der Waals surface area contributed by atoms with Crippen LogP contribution in [-0.4, -0.2) is 59.1 Å². The van der Waals surface area contributed by atoms with Crippen LogP contribution < -0.4 is 14.8 Å². The zero-order chi connectivity index (χ0) is 22.6. The number of aliphatic hydroxyl groups is 1. The van der Waals surface area contributed by atoms with E-state index >= 15 is 0 Å². The van der Waals surface area contributed by atoms with Gasteiger partial charge in [-0.25, -0.2) is 0 Å². The van der Waals surface area contributed by atoms with Crippen LogP contribution in [0.15, 0.2) is 66.3 Å². The Morgan fingerprint density at radius 2 is 2.30 bits per heavy atom. The third-order valence-electron chi connectivity index (χ3n) is 6.51. The van der Waals surface area contributed by atoms with E-state index in [2.05, 4.69) is 42.6 Å². The van der Waals surface area contributed by atoms with Gasteiger partial charge in [-0.1, -0.05) is 0 Å². The summed E-state index contributed by atoms with van der Waals surface area (Å²) in [6.45, 7) is 4.53. The average Bonchev–Trinajstić information content (AvgIpc) is 3.31. The van der Waals surface area contributed by atoms with Crippen molar-refractivity contribution in [2.75, 3.05) is 39.8 Å². The largest absolute Gasteiger partial charge is 0.497 e. The number of aromatic nitrogens is 1. The molecule has 7 nitrogen and oxygen atoms in total. The lowest BCUT2D eigenvalue weighted by Crippen LogP contribution is -2.41. The summed E-state index contributed by atoms with van der Waals surface area (Å²) in [7, 11) is 1.66. The Morgan fingerprint density at radius 3 is 3.21 bits per heavy atom. The number of β-amino-alcohol motifs (C(OH)–C–C–N with tert-alkyl or cyclic N) is 1. The molecule has 0 amide bonds. The second-order valence-electron chi connectivity index (χ2n) is 8.84. The minimum Gasteiger partial charge on any atom is -0.497 e. The van der Waals surface area contributed by atoms with Crippen molar-refractivity contribution in [1.82, 2.24) is 24.2 Å². The second kappa shape index (κ2) is 10.2. The molecule has 174 valence electrons. The van der Waals surface area contributed by atoms with Gasteiger partial charge in [0.1, 0.15) is 5.75 Å². The Kier molecular flexibility index (Phi) is 6.87. The standard InChI is InChI=1S/C25H31N5O2S/c1-32-21-4-5-24-23(12-21)22(6-8-27-24)25(31)17-29-9-2-3-19(16-29)14-26-13-18-7-10-30-20(11-18)15-28-33-30/h4-8,10-12,15,19,25-26,28,31H,2-3,9,13-14,16-17H2,1H3/t19-,25?/m0/s1. The van der Waals surface area contributed by atoms with Crippen molar-refractivity contribution < 1.29 is 9.84 Å². The van der Waals surface area contributed by atoms with Gasteiger partial charge in [0.25, 0.3) is 0 Å². The molecule has 0 radical (unpaired) electrons. The molecule has 0 bridgehead atoms. The number of nitrogens with one attached hydrogen (secondary N) is 2. The van der Waals surface area contributed by atoms with Crippen molar-refractivity contribution in [3.8, 4) is 5.75 Å². The summed E-state index contributed by atoms with van der Waals surface area (Å²) in [6, 6.07) is 7.74. The van der Waals surface area contributed by atoms with Gasteiger partial charge >= 0.3 is 0 Å². The highest BCUT2D eigenvalue weighted by atomic mass is 32.2. The molecule has 2 atom stereocenters. The Morgan fingerprint density at radius 1 is 1.36 bits per heavy atom. The van der Waals surface area contributed by atoms with Gasteiger partial charge in [0.2, 0.25) is 0 Å². The van der Waals surface area contributed by atoms with Gasteiger partial charge < -0.3 is 24.8 Å². The molecule has 1 fully saturated rings. The fourth-order valence-electron chi connectivity index (χ4n) is 4.80. The Balaban J connectivity index is 1.15. The maximum atomic E-state index is 11.1. The van der Waals surface area contributed by atoms with Crippen molar-refractivity contribution in [1.29, 1.82) is 0 Å². The molecular formula is C25H31N5O2S. The lowest BCUT2D eigenvalue weighted by Gasteiger charge is -2.34. The monoisotopic (exact) mass is 465 g/mol. The fourth-order valence-corrected chi connectivity index (χ4v) is 5.42. The van der Waals surface area contributed by atoms with Crippen LogP contribution in [0.25, 0.3) is 10.9 Å². The number of methoxy groups -OCH3 is 1. The summed E-state index contributed by atoms with van der Waals surface area (Å²) < 4.78 is 10.7. The first-order valence-electron chi connectivity index (χ1n) is 11.5. The Labute approximate surface area is 199 Å². The Hall–Kier alpha value is -2.52. The van der Waals surface area contributed by atoms with Gasteiger partial charge in [-0.05, 0) is 79.4 Å². The van der Waals surface area contributed by atoms with Gasteiger partial charge in [-0.2, -0.15) is 0 Å². The van der Waals surface area contributed by atoms with Crippen LogP contribution in [0.5, 0.6) is 5.75 Å². The highest BCUT2D eigenvalue weighted by Crippen LogP contribution is 2.29. The molecule has 5 rings (SSSR count). The van der Waals surface area contributed by atoms with Gasteiger partial charge in [0.05, 0.1) is 36.6 Å². The highest BCUT2D eigenvalue weighted by molar-refractivity contribution is 7.95. The average molecular weight is 466 g/mol. The molecule has 0 aliphatic carbocycles. The van der Waals surface area contributed by atoms with Crippen LogP contribution in [-0.2, 0) is 0 Å². The zero-order valence-corrected chi connectivity index (χ0v) is 19.7. The molecule has 3 N–H and O–H groups in total. The Bertz CT molecular complexity index is 1090. The number of aliphatic hydroxyl groups excluding tert-OH is 1. The van der Waals surface area contributed by atoms with Crippen molar-refractivity contribution in [3.05, 3.63) is 71.8 Å². The van der Waals surface area contributed by atoms with E-state index < -0.39 is 6.10 Å². The first-order chi connectivity index (χ1) is 16.2. The summed E-state index contributed by atoms with van der Waals surface area (Å²) in [4.78, 5) is 6.84. The normalized spacial score (nSPS) is 21.4. The second-order valence-corrected chi connectivity index (χ2v) is 9.65. The molecular weight excluding hydrogens is 434 g/mol. The number of allylic oxidation sites excluding steroid dienone is 1. The number of hydrogen-bond donors (Lipinski definition) is 3. The van der Waals surface area contributed by atoms with Crippen LogP contribution in [0.1, 0.15) is 24.5 Å². The van der Waals surface area contributed by atoms with Gasteiger partial charge in [0.15, 0.2) is 0 Å². The van der Waals surface area contributed by atoms with Gasteiger partial charge in [-0.3, -0.25) is 9.29 Å². The number of pyridine rings is 1. The number of nitrogens with zero attached hydrogens (tertiary/aromatic N) is 3. The number of hydrogen-bond acceptors (Lipinski definition) is 8. The van der Waals surface area contributed by atoms with Crippen LogP contribution >= 0.6 is 12.1 Å². The van der Waals surface area contributed by atoms with E-state index in [1.54, 1.807) is 25.4 Å².